The van der Waals surface area contributed by atoms with Gasteiger partial charge in [-0.25, -0.2) is 0 Å². The number of methoxy groups -OCH3 is 1. The molecule has 3 nitrogen and oxygen atoms in total. The molecule has 1 aromatic rings. The maximum atomic E-state index is 12.8. The Morgan fingerprint density at radius 3 is 2.58 bits per heavy atom. The van der Waals surface area contributed by atoms with Gasteiger partial charge in [-0.15, -0.1) is 0 Å². The van der Waals surface area contributed by atoms with Crippen molar-refractivity contribution in [1.82, 2.24) is 0 Å². The van der Waals surface area contributed by atoms with Crippen LogP contribution in [-0.4, -0.2) is 27.3 Å². The zero-order chi connectivity index (χ0) is 14.5. The van der Waals surface area contributed by atoms with Crippen LogP contribution in [0.1, 0.15) is 17.5 Å². The Morgan fingerprint density at radius 2 is 2.05 bits per heavy atom. The predicted molar refractivity (Wildman–Crippen MR) is 65.9 cm³/mol. The Labute approximate surface area is 110 Å². The number of nitrogens with zero attached hydrogens (tertiary/aromatic N) is 2. The number of rotatable bonds is 5. The molecule has 104 valence electrons. The van der Waals surface area contributed by atoms with Crippen molar-refractivity contribution in [1.29, 1.82) is 5.26 Å². The number of hydrogen-bond acceptors (Lipinski definition) is 3. The molecule has 0 heterocycles. The molecule has 0 spiro atoms. The molecule has 0 amide bonds. The lowest BCUT2D eigenvalue weighted by molar-refractivity contribution is -0.137. The van der Waals surface area contributed by atoms with Crippen LogP contribution in [0.5, 0.6) is 0 Å². The van der Waals surface area contributed by atoms with Crippen LogP contribution in [0.3, 0.4) is 0 Å². The van der Waals surface area contributed by atoms with Gasteiger partial charge in [-0.1, -0.05) is 0 Å². The van der Waals surface area contributed by atoms with E-state index < -0.39 is 11.7 Å². The molecule has 0 radical (unpaired) electrons. The summed E-state index contributed by atoms with van der Waals surface area (Å²) in [5, 5.41) is 8.70. The predicted octanol–water partition coefficient (Wildman–Crippen LogP) is 3.05. The van der Waals surface area contributed by atoms with Crippen molar-refractivity contribution in [3.05, 3.63) is 29.3 Å². The molecule has 0 bridgehead atoms. The number of nitriles is 1. The molecule has 0 unspecified atom stereocenters. The molecule has 0 fully saturated rings. The van der Waals surface area contributed by atoms with Crippen molar-refractivity contribution in [2.75, 3.05) is 32.2 Å². The lowest BCUT2D eigenvalue weighted by atomic mass is 10.1. The highest BCUT2D eigenvalue weighted by Crippen LogP contribution is 2.34. The molecule has 0 saturated heterocycles. The maximum absolute atomic E-state index is 12.8. The summed E-state index contributed by atoms with van der Waals surface area (Å²) < 4.78 is 43.3. The van der Waals surface area contributed by atoms with Gasteiger partial charge in [0.15, 0.2) is 0 Å². The summed E-state index contributed by atoms with van der Waals surface area (Å²) in [6.45, 7) is 1.13. The summed E-state index contributed by atoms with van der Waals surface area (Å²) in [4.78, 5) is 1.70. The normalized spacial score (nSPS) is 11.2. The largest absolute Gasteiger partial charge is 0.417 e. The van der Waals surface area contributed by atoms with E-state index in [4.69, 9.17) is 10.00 Å². The van der Waals surface area contributed by atoms with E-state index in [-0.39, 0.29) is 5.56 Å². The van der Waals surface area contributed by atoms with Gasteiger partial charge in [-0.05, 0) is 24.6 Å². The lowest BCUT2D eigenvalue weighted by Crippen LogP contribution is -2.20. The fourth-order valence-electron chi connectivity index (χ4n) is 1.68. The molecule has 0 aromatic heterocycles. The summed E-state index contributed by atoms with van der Waals surface area (Å²) in [5.41, 5.74) is -0.824. The van der Waals surface area contributed by atoms with E-state index in [2.05, 4.69) is 0 Å². The molecule has 0 aliphatic heterocycles. The first-order valence-electron chi connectivity index (χ1n) is 5.71. The van der Waals surface area contributed by atoms with Gasteiger partial charge in [0.2, 0.25) is 0 Å². The average Bonchev–Trinajstić information content (AvgIpc) is 2.37. The van der Waals surface area contributed by atoms with E-state index in [1.54, 1.807) is 25.1 Å². The molecule has 0 atom stereocenters. The van der Waals surface area contributed by atoms with Crippen molar-refractivity contribution in [2.24, 2.45) is 0 Å². The number of halogens is 3. The second-order valence-corrected chi connectivity index (χ2v) is 4.11. The van der Waals surface area contributed by atoms with Crippen molar-refractivity contribution in [3.63, 3.8) is 0 Å². The van der Waals surface area contributed by atoms with Crippen LogP contribution in [-0.2, 0) is 10.9 Å². The molecule has 6 heteroatoms. The smallest absolute Gasteiger partial charge is 0.385 e. The van der Waals surface area contributed by atoms with Crippen LogP contribution < -0.4 is 4.90 Å². The van der Waals surface area contributed by atoms with Gasteiger partial charge in [0, 0.05) is 33.0 Å². The Hall–Kier alpha value is -1.74. The molecular formula is C13H15F3N2O. The van der Waals surface area contributed by atoms with E-state index in [0.717, 1.165) is 6.07 Å². The molecule has 19 heavy (non-hydrogen) atoms. The first-order chi connectivity index (χ1) is 8.90. The number of alkyl halides is 3. The molecule has 1 aromatic carbocycles. The molecule has 0 aliphatic rings. The van der Waals surface area contributed by atoms with Crippen molar-refractivity contribution >= 4 is 5.69 Å². The van der Waals surface area contributed by atoms with Gasteiger partial charge in [0.1, 0.15) is 0 Å². The van der Waals surface area contributed by atoms with Crippen molar-refractivity contribution in [2.45, 2.75) is 12.6 Å². The van der Waals surface area contributed by atoms with Gasteiger partial charge in [-0.2, -0.15) is 18.4 Å². The van der Waals surface area contributed by atoms with Crippen LogP contribution in [0.25, 0.3) is 0 Å². The maximum Gasteiger partial charge on any atom is 0.417 e. The van der Waals surface area contributed by atoms with Crippen molar-refractivity contribution < 1.29 is 17.9 Å². The quantitative estimate of drug-likeness (QED) is 0.773. The second kappa shape index (κ2) is 6.43. The van der Waals surface area contributed by atoms with E-state index >= 15 is 0 Å². The van der Waals surface area contributed by atoms with E-state index in [9.17, 15) is 13.2 Å². The molecular weight excluding hydrogens is 257 g/mol. The Balaban J connectivity index is 2.96. The highest BCUT2D eigenvalue weighted by atomic mass is 19.4. The Morgan fingerprint density at radius 1 is 1.37 bits per heavy atom. The SMILES string of the molecule is COCCCN(C)c1ccc(C#N)c(C(F)(F)F)c1. The summed E-state index contributed by atoms with van der Waals surface area (Å²) in [7, 11) is 3.28. The van der Waals surface area contributed by atoms with Gasteiger partial charge >= 0.3 is 6.18 Å². The summed E-state index contributed by atoms with van der Waals surface area (Å²) in [5.74, 6) is 0. The highest BCUT2D eigenvalue weighted by Gasteiger charge is 2.34. The number of ether oxygens (including phenoxy) is 1. The third-order valence-electron chi connectivity index (χ3n) is 2.71. The molecule has 0 saturated carbocycles. The van der Waals surface area contributed by atoms with E-state index in [1.807, 2.05) is 0 Å². The van der Waals surface area contributed by atoms with E-state index in [0.29, 0.717) is 25.3 Å². The van der Waals surface area contributed by atoms with Crippen LogP contribution in [0, 0.1) is 11.3 Å². The fraction of sp³-hybridized carbons (Fsp3) is 0.462. The van der Waals surface area contributed by atoms with Gasteiger partial charge in [0.25, 0.3) is 0 Å². The third kappa shape index (κ3) is 4.14. The lowest BCUT2D eigenvalue weighted by Gasteiger charge is -2.21. The van der Waals surface area contributed by atoms with Crippen LogP contribution in [0.15, 0.2) is 18.2 Å². The standard InChI is InChI=1S/C13H15F3N2O/c1-18(6-3-7-19-2)11-5-4-10(9-17)12(8-11)13(14,15)16/h4-5,8H,3,6-7H2,1-2H3. The zero-order valence-corrected chi connectivity index (χ0v) is 10.8. The number of benzene rings is 1. The highest BCUT2D eigenvalue weighted by molar-refractivity contribution is 5.54. The minimum absolute atomic E-state index is 0.360. The zero-order valence-electron chi connectivity index (χ0n) is 10.8. The van der Waals surface area contributed by atoms with Crippen LogP contribution >= 0.6 is 0 Å². The summed E-state index contributed by atoms with van der Waals surface area (Å²) in [6, 6.07) is 5.28. The fourth-order valence-corrected chi connectivity index (χ4v) is 1.68. The van der Waals surface area contributed by atoms with E-state index in [1.165, 1.54) is 12.1 Å². The number of anilines is 1. The molecule has 0 N–H and O–H groups in total. The summed E-state index contributed by atoms with van der Waals surface area (Å²) >= 11 is 0. The second-order valence-electron chi connectivity index (χ2n) is 4.11. The topological polar surface area (TPSA) is 36.3 Å². The summed E-state index contributed by atoms with van der Waals surface area (Å²) in [6.07, 6.45) is -3.80. The Bertz CT molecular complexity index is 466. The minimum Gasteiger partial charge on any atom is -0.385 e. The minimum atomic E-state index is -4.52. The first kappa shape index (κ1) is 15.3. The van der Waals surface area contributed by atoms with Gasteiger partial charge in [-0.3, -0.25) is 0 Å². The Kier molecular flexibility index (Phi) is 5.19. The third-order valence-corrected chi connectivity index (χ3v) is 2.71. The first-order valence-corrected chi connectivity index (χ1v) is 5.71. The monoisotopic (exact) mass is 272 g/mol. The van der Waals surface area contributed by atoms with Crippen molar-refractivity contribution in [3.8, 4) is 6.07 Å². The average molecular weight is 272 g/mol. The van der Waals surface area contributed by atoms with Crippen LogP contribution in [0.4, 0.5) is 18.9 Å². The molecule has 1 rings (SSSR count). The van der Waals surface area contributed by atoms with Gasteiger partial charge < -0.3 is 9.64 Å². The van der Waals surface area contributed by atoms with Crippen LogP contribution in [0.2, 0.25) is 0 Å². The van der Waals surface area contributed by atoms with Gasteiger partial charge in [0.05, 0.1) is 17.2 Å². The molecule has 0 aliphatic carbocycles. The number of hydrogen-bond donors (Lipinski definition) is 0.